The molecule has 0 aliphatic rings. The van der Waals surface area contributed by atoms with E-state index in [9.17, 15) is 8.78 Å². The molecule has 0 aliphatic carbocycles. The van der Waals surface area contributed by atoms with E-state index >= 15 is 0 Å². The molecule has 0 saturated heterocycles. The van der Waals surface area contributed by atoms with Gasteiger partial charge in [0.25, 0.3) is 6.43 Å². The molecule has 0 aromatic carbocycles. The van der Waals surface area contributed by atoms with Gasteiger partial charge in [-0.25, -0.2) is 13.8 Å². The lowest BCUT2D eigenvalue weighted by Crippen LogP contribution is -2.32. The van der Waals surface area contributed by atoms with E-state index in [4.69, 9.17) is 5.11 Å². The van der Waals surface area contributed by atoms with Gasteiger partial charge < -0.3 is 15.3 Å². The summed E-state index contributed by atoms with van der Waals surface area (Å²) in [6.07, 6.45) is -0.996. The third kappa shape index (κ3) is 3.58. The van der Waals surface area contributed by atoms with Crippen molar-refractivity contribution in [2.45, 2.75) is 6.43 Å². The molecule has 0 unspecified atom stereocenters. The molecule has 1 aromatic rings. The molecule has 1 aromatic heterocycles. The molecule has 0 bridgehead atoms. The predicted molar refractivity (Wildman–Crippen MR) is 56.9 cm³/mol. The molecule has 16 heavy (non-hydrogen) atoms. The van der Waals surface area contributed by atoms with Crippen molar-refractivity contribution in [3.63, 3.8) is 0 Å². The Hall–Kier alpha value is -1.50. The van der Waals surface area contributed by atoms with E-state index in [1.54, 1.807) is 7.05 Å². The first-order valence-corrected chi connectivity index (χ1v) is 4.82. The number of halogens is 2. The van der Waals surface area contributed by atoms with Crippen LogP contribution in [0, 0.1) is 0 Å². The van der Waals surface area contributed by atoms with Gasteiger partial charge in [0.1, 0.15) is 5.82 Å². The summed E-state index contributed by atoms with van der Waals surface area (Å²) in [6, 6.07) is 1.53. The van der Waals surface area contributed by atoms with Gasteiger partial charge >= 0.3 is 0 Å². The zero-order valence-electron chi connectivity index (χ0n) is 8.90. The maximum absolute atomic E-state index is 12.3. The fourth-order valence-corrected chi connectivity index (χ4v) is 1.23. The van der Waals surface area contributed by atoms with Gasteiger partial charge in [-0.3, -0.25) is 0 Å². The van der Waals surface area contributed by atoms with E-state index in [1.807, 2.05) is 0 Å². The molecule has 0 spiro atoms. The average Bonchev–Trinajstić information content (AvgIpc) is 2.28. The molecule has 90 valence electrons. The van der Waals surface area contributed by atoms with Gasteiger partial charge in [-0.2, -0.15) is 4.98 Å². The second-order valence-corrected chi connectivity index (χ2v) is 3.05. The topological polar surface area (TPSA) is 61.3 Å². The highest BCUT2D eigenvalue weighted by Gasteiger charge is 2.13. The Labute approximate surface area is 92.1 Å². The van der Waals surface area contributed by atoms with Gasteiger partial charge in [-0.1, -0.05) is 0 Å². The highest BCUT2D eigenvalue weighted by atomic mass is 19.3. The van der Waals surface area contributed by atoms with Gasteiger partial charge in [-0.15, -0.1) is 0 Å². The second-order valence-electron chi connectivity index (χ2n) is 3.05. The molecule has 0 radical (unpaired) electrons. The first-order valence-electron chi connectivity index (χ1n) is 4.82. The van der Waals surface area contributed by atoms with Crippen molar-refractivity contribution in [2.75, 3.05) is 37.0 Å². The van der Waals surface area contributed by atoms with Crippen LogP contribution >= 0.6 is 0 Å². The van der Waals surface area contributed by atoms with Crippen LogP contribution in [0.25, 0.3) is 0 Å². The highest BCUT2D eigenvalue weighted by molar-refractivity contribution is 5.42. The van der Waals surface area contributed by atoms with E-state index < -0.39 is 13.0 Å². The summed E-state index contributed by atoms with van der Waals surface area (Å²) in [7, 11) is 1.64. The van der Waals surface area contributed by atoms with Crippen molar-refractivity contribution in [1.29, 1.82) is 0 Å². The zero-order valence-corrected chi connectivity index (χ0v) is 8.90. The lowest BCUT2D eigenvalue weighted by Gasteiger charge is -2.22. The fraction of sp³-hybridized carbons (Fsp3) is 0.556. The fourth-order valence-electron chi connectivity index (χ4n) is 1.23. The Morgan fingerprint density at radius 2 is 2.31 bits per heavy atom. The summed E-state index contributed by atoms with van der Waals surface area (Å²) < 4.78 is 24.6. The minimum absolute atomic E-state index is 0.116. The summed E-state index contributed by atoms with van der Waals surface area (Å²) in [5.74, 6) is 0.725. The van der Waals surface area contributed by atoms with E-state index in [-0.39, 0.29) is 13.2 Å². The van der Waals surface area contributed by atoms with E-state index in [2.05, 4.69) is 15.3 Å². The first-order chi connectivity index (χ1) is 7.67. The number of alkyl halides is 2. The summed E-state index contributed by atoms with van der Waals surface area (Å²) in [5, 5.41) is 11.5. The number of aromatic nitrogens is 2. The molecule has 0 aliphatic heterocycles. The number of aliphatic hydroxyl groups is 1. The number of nitrogens with one attached hydrogen (secondary N) is 1. The monoisotopic (exact) mass is 232 g/mol. The largest absolute Gasteiger partial charge is 0.395 e. The number of anilines is 2. The van der Waals surface area contributed by atoms with E-state index in [0.717, 1.165) is 0 Å². The maximum Gasteiger partial charge on any atom is 0.255 e. The molecule has 7 heteroatoms. The van der Waals surface area contributed by atoms with Gasteiger partial charge in [0, 0.05) is 19.8 Å². The van der Waals surface area contributed by atoms with Crippen LogP contribution in [0.3, 0.4) is 0 Å². The van der Waals surface area contributed by atoms with Gasteiger partial charge in [0.15, 0.2) is 0 Å². The summed E-state index contributed by atoms with van der Waals surface area (Å²) in [4.78, 5) is 9.22. The molecule has 1 rings (SSSR count). The van der Waals surface area contributed by atoms with Crippen LogP contribution in [0.2, 0.25) is 0 Å². The Morgan fingerprint density at radius 3 is 2.88 bits per heavy atom. The van der Waals surface area contributed by atoms with Crippen LogP contribution in [0.15, 0.2) is 12.3 Å². The molecular formula is C9H14F2N4O. The Morgan fingerprint density at radius 1 is 1.56 bits per heavy atom. The quantitative estimate of drug-likeness (QED) is 0.751. The Kier molecular flexibility index (Phi) is 4.84. The van der Waals surface area contributed by atoms with Crippen molar-refractivity contribution in [3.8, 4) is 0 Å². The smallest absolute Gasteiger partial charge is 0.255 e. The van der Waals surface area contributed by atoms with Crippen LogP contribution < -0.4 is 10.2 Å². The molecular weight excluding hydrogens is 218 g/mol. The van der Waals surface area contributed by atoms with E-state index in [0.29, 0.717) is 11.8 Å². The molecule has 1 heterocycles. The standard InChI is InChI=1S/C9H14F2N4O/c1-12-9-13-3-2-8(14-9)15(4-5-16)6-7(10)11/h2-3,7,16H,4-6H2,1H3,(H,12,13,14). The number of aliphatic hydroxyl groups excluding tert-OH is 1. The highest BCUT2D eigenvalue weighted by Crippen LogP contribution is 2.13. The van der Waals surface area contributed by atoms with Crippen molar-refractivity contribution < 1.29 is 13.9 Å². The van der Waals surface area contributed by atoms with Crippen molar-refractivity contribution in [1.82, 2.24) is 9.97 Å². The number of nitrogens with zero attached hydrogens (tertiary/aromatic N) is 3. The molecule has 0 amide bonds. The van der Waals surface area contributed by atoms with Crippen LogP contribution in [0.1, 0.15) is 0 Å². The molecule has 0 saturated carbocycles. The van der Waals surface area contributed by atoms with Gasteiger partial charge in [0.2, 0.25) is 5.95 Å². The summed E-state index contributed by atoms with van der Waals surface area (Å²) in [5.41, 5.74) is 0. The van der Waals surface area contributed by atoms with Crippen molar-refractivity contribution >= 4 is 11.8 Å². The van der Waals surface area contributed by atoms with Gasteiger partial charge in [-0.05, 0) is 6.07 Å². The van der Waals surface area contributed by atoms with Crippen LogP contribution in [-0.2, 0) is 0 Å². The third-order valence-electron chi connectivity index (χ3n) is 1.92. The second kappa shape index (κ2) is 6.16. The maximum atomic E-state index is 12.3. The lowest BCUT2D eigenvalue weighted by atomic mass is 10.4. The van der Waals surface area contributed by atoms with Crippen LogP contribution in [0.4, 0.5) is 20.5 Å². The lowest BCUT2D eigenvalue weighted by molar-refractivity contribution is 0.152. The SMILES string of the molecule is CNc1nccc(N(CCO)CC(F)F)n1. The normalized spacial score (nSPS) is 10.6. The molecule has 0 atom stereocenters. The zero-order chi connectivity index (χ0) is 12.0. The van der Waals surface area contributed by atoms with Gasteiger partial charge in [0.05, 0.1) is 13.2 Å². The van der Waals surface area contributed by atoms with Crippen LogP contribution in [0.5, 0.6) is 0 Å². The van der Waals surface area contributed by atoms with Crippen molar-refractivity contribution in [2.24, 2.45) is 0 Å². The molecule has 0 fully saturated rings. The third-order valence-corrected chi connectivity index (χ3v) is 1.92. The predicted octanol–water partition coefficient (Wildman–Crippen LogP) is 0.582. The average molecular weight is 232 g/mol. The minimum Gasteiger partial charge on any atom is -0.395 e. The molecule has 5 nitrogen and oxygen atoms in total. The molecule has 2 N–H and O–H groups in total. The summed E-state index contributed by atoms with van der Waals surface area (Å²) in [6.45, 7) is -0.545. The minimum atomic E-state index is -2.47. The number of hydrogen-bond donors (Lipinski definition) is 2. The Bertz CT molecular complexity index is 324. The number of hydrogen-bond acceptors (Lipinski definition) is 5. The summed E-state index contributed by atoms with van der Waals surface area (Å²) >= 11 is 0. The van der Waals surface area contributed by atoms with E-state index in [1.165, 1.54) is 17.2 Å². The van der Waals surface area contributed by atoms with Crippen molar-refractivity contribution in [3.05, 3.63) is 12.3 Å². The number of rotatable bonds is 6. The van der Waals surface area contributed by atoms with Crippen LogP contribution in [-0.4, -0.2) is 48.2 Å². The Balaban J connectivity index is 2.82. The first kappa shape index (κ1) is 12.6.